The summed E-state index contributed by atoms with van der Waals surface area (Å²) in [5.74, 6) is 0.296. The van der Waals surface area contributed by atoms with E-state index in [1.165, 1.54) is 12.8 Å². The Morgan fingerprint density at radius 3 is 2.67 bits per heavy atom. The highest BCUT2D eigenvalue weighted by Gasteiger charge is 2.28. The van der Waals surface area contributed by atoms with Gasteiger partial charge < -0.3 is 15.7 Å². The van der Waals surface area contributed by atoms with Crippen molar-refractivity contribution in [1.82, 2.24) is 9.80 Å². The SMILES string of the molecule is CC(C(N)=NO)N1CCN(C2CCCOC2)CC1. The molecule has 3 N–H and O–H groups in total. The molecule has 0 saturated carbocycles. The van der Waals surface area contributed by atoms with Crippen LogP contribution in [0, 0.1) is 0 Å². The van der Waals surface area contributed by atoms with Gasteiger partial charge >= 0.3 is 0 Å². The Bertz CT molecular complexity index is 284. The molecule has 2 saturated heterocycles. The predicted octanol–water partition coefficient (Wildman–Crippen LogP) is -0.0821. The summed E-state index contributed by atoms with van der Waals surface area (Å²) in [6.45, 7) is 7.77. The fourth-order valence-corrected chi connectivity index (χ4v) is 2.77. The van der Waals surface area contributed by atoms with Crippen LogP contribution in [0.5, 0.6) is 0 Å². The molecule has 2 fully saturated rings. The van der Waals surface area contributed by atoms with Gasteiger partial charge in [0.2, 0.25) is 0 Å². The molecule has 6 heteroatoms. The molecular formula is C12H24N4O2. The van der Waals surface area contributed by atoms with Crippen molar-refractivity contribution < 1.29 is 9.94 Å². The molecule has 6 nitrogen and oxygen atoms in total. The van der Waals surface area contributed by atoms with E-state index in [0.717, 1.165) is 39.4 Å². The number of nitrogens with two attached hydrogens (primary N) is 1. The van der Waals surface area contributed by atoms with Crippen LogP contribution in [-0.4, -0.2) is 72.3 Å². The van der Waals surface area contributed by atoms with Gasteiger partial charge in [0, 0.05) is 38.8 Å². The minimum absolute atomic E-state index is 0.0137. The minimum atomic E-state index is 0.0137. The smallest absolute Gasteiger partial charge is 0.156 e. The second-order valence-electron chi connectivity index (χ2n) is 5.14. The quantitative estimate of drug-likeness (QED) is 0.320. The second kappa shape index (κ2) is 6.36. The third-order valence-corrected chi connectivity index (χ3v) is 4.09. The maximum atomic E-state index is 8.70. The largest absolute Gasteiger partial charge is 0.409 e. The number of piperazine rings is 1. The molecule has 0 aromatic heterocycles. The molecule has 0 spiro atoms. The van der Waals surface area contributed by atoms with Crippen molar-refractivity contribution in [3.8, 4) is 0 Å². The lowest BCUT2D eigenvalue weighted by atomic mass is 10.1. The van der Waals surface area contributed by atoms with Gasteiger partial charge in [-0.3, -0.25) is 9.80 Å². The van der Waals surface area contributed by atoms with E-state index < -0.39 is 0 Å². The van der Waals surface area contributed by atoms with Crippen molar-refractivity contribution >= 4 is 5.84 Å². The van der Waals surface area contributed by atoms with Crippen LogP contribution in [-0.2, 0) is 4.74 Å². The fourth-order valence-electron chi connectivity index (χ4n) is 2.77. The fraction of sp³-hybridized carbons (Fsp3) is 0.917. The number of nitrogens with zero attached hydrogens (tertiary/aromatic N) is 3. The Labute approximate surface area is 108 Å². The molecular weight excluding hydrogens is 232 g/mol. The molecule has 0 bridgehead atoms. The number of hydrogen-bond donors (Lipinski definition) is 2. The van der Waals surface area contributed by atoms with Gasteiger partial charge in [0.15, 0.2) is 5.84 Å². The lowest BCUT2D eigenvalue weighted by Crippen LogP contribution is -2.56. The van der Waals surface area contributed by atoms with Gasteiger partial charge in [-0.25, -0.2) is 0 Å². The number of oxime groups is 1. The third-order valence-electron chi connectivity index (χ3n) is 4.09. The molecule has 0 aromatic rings. The molecule has 0 amide bonds. The van der Waals surface area contributed by atoms with Crippen molar-refractivity contribution in [2.24, 2.45) is 10.9 Å². The first-order valence-corrected chi connectivity index (χ1v) is 6.75. The molecule has 2 aliphatic rings. The summed E-state index contributed by atoms with van der Waals surface area (Å²) in [5, 5.41) is 11.8. The monoisotopic (exact) mass is 256 g/mol. The van der Waals surface area contributed by atoms with Gasteiger partial charge in [0.1, 0.15) is 0 Å². The Morgan fingerprint density at radius 2 is 2.11 bits per heavy atom. The number of ether oxygens (including phenoxy) is 1. The van der Waals surface area contributed by atoms with Crippen LogP contribution in [0.25, 0.3) is 0 Å². The average Bonchev–Trinajstić information content (AvgIpc) is 2.47. The Balaban J connectivity index is 1.80. The molecule has 2 atom stereocenters. The summed E-state index contributed by atoms with van der Waals surface area (Å²) in [4.78, 5) is 4.77. The Morgan fingerprint density at radius 1 is 1.39 bits per heavy atom. The summed E-state index contributed by atoms with van der Waals surface area (Å²) >= 11 is 0. The lowest BCUT2D eigenvalue weighted by Gasteiger charge is -2.42. The molecule has 2 heterocycles. The lowest BCUT2D eigenvalue weighted by molar-refractivity contribution is -0.00346. The van der Waals surface area contributed by atoms with E-state index in [-0.39, 0.29) is 6.04 Å². The zero-order chi connectivity index (χ0) is 13.0. The molecule has 0 aliphatic carbocycles. The molecule has 18 heavy (non-hydrogen) atoms. The van der Waals surface area contributed by atoms with Gasteiger partial charge in [0.05, 0.1) is 12.6 Å². The van der Waals surface area contributed by atoms with Gasteiger partial charge in [0.25, 0.3) is 0 Å². The first kappa shape index (κ1) is 13.6. The van der Waals surface area contributed by atoms with Gasteiger partial charge in [-0.2, -0.15) is 0 Å². The zero-order valence-corrected chi connectivity index (χ0v) is 11.1. The van der Waals surface area contributed by atoms with Gasteiger partial charge in [-0.05, 0) is 19.8 Å². The van der Waals surface area contributed by atoms with Crippen molar-refractivity contribution in [2.75, 3.05) is 39.4 Å². The van der Waals surface area contributed by atoms with Crippen LogP contribution >= 0.6 is 0 Å². The molecule has 2 aliphatic heterocycles. The highest BCUT2D eigenvalue weighted by Crippen LogP contribution is 2.16. The van der Waals surface area contributed by atoms with Crippen molar-refractivity contribution in [2.45, 2.75) is 31.8 Å². The van der Waals surface area contributed by atoms with E-state index in [4.69, 9.17) is 15.7 Å². The summed E-state index contributed by atoms with van der Waals surface area (Å²) in [6.07, 6.45) is 2.42. The molecule has 2 rings (SSSR count). The molecule has 0 aromatic carbocycles. The Hall–Kier alpha value is -0.850. The van der Waals surface area contributed by atoms with E-state index in [9.17, 15) is 0 Å². The van der Waals surface area contributed by atoms with E-state index in [0.29, 0.717) is 11.9 Å². The number of amidine groups is 1. The highest BCUT2D eigenvalue weighted by atomic mass is 16.5. The summed E-state index contributed by atoms with van der Waals surface area (Å²) in [6, 6.07) is 0.597. The molecule has 2 unspecified atom stereocenters. The van der Waals surface area contributed by atoms with Gasteiger partial charge in [-0.15, -0.1) is 0 Å². The van der Waals surface area contributed by atoms with Crippen molar-refractivity contribution in [3.05, 3.63) is 0 Å². The normalized spacial score (nSPS) is 30.3. The van der Waals surface area contributed by atoms with Crippen molar-refractivity contribution in [1.29, 1.82) is 0 Å². The van der Waals surface area contributed by atoms with Crippen LogP contribution in [0.1, 0.15) is 19.8 Å². The van der Waals surface area contributed by atoms with Crippen LogP contribution < -0.4 is 5.73 Å². The predicted molar refractivity (Wildman–Crippen MR) is 69.9 cm³/mol. The highest BCUT2D eigenvalue weighted by molar-refractivity contribution is 5.84. The zero-order valence-electron chi connectivity index (χ0n) is 11.1. The van der Waals surface area contributed by atoms with Crippen LogP contribution in [0.3, 0.4) is 0 Å². The molecule has 0 radical (unpaired) electrons. The Kier molecular flexibility index (Phi) is 4.79. The van der Waals surface area contributed by atoms with E-state index in [1.807, 2.05) is 6.92 Å². The standard InChI is InChI=1S/C12H24N4O2/c1-10(12(13)14-17)15-4-6-16(7-5-15)11-3-2-8-18-9-11/h10-11,17H,2-9H2,1H3,(H2,13,14). The van der Waals surface area contributed by atoms with E-state index in [1.54, 1.807) is 0 Å². The average molecular weight is 256 g/mol. The maximum absolute atomic E-state index is 8.70. The first-order valence-electron chi connectivity index (χ1n) is 6.75. The van der Waals surface area contributed by atoms with Crippen LogP contribution in [0.4, 0.5) is 0 Å². The minimum Gasteiger partial charge on any atom is -0.409 e. The van der Waals surface area contributed by atoms with E-state index in [2.05, 4.69) is 15.0 Å². The maximum Gasteiger partial charge on any atom is 0.156 e. The second-order valence-corrected chi connectivity index (χ2v) is 5.14. The first-order chi connectivity index (χ1) is 8.72. The summed E-state index contributed by atoms with van der Waals surface area (Å²) in [5.41, 5.74) is 5.65. The van der Waals surface area contributed by atoms with Crippen LogP contribution in [0.15, 0.2) is 5.16 Å². The van der Waals surface area contributed by atoms with Crippen molar-refractivity contribution in [3.63, 3.8) is 0 Å². The number of rotatable bonds is 3. The summed E-state index contributed by atoms with van der Waals surface area (Å²) in [7, 11) is 0. The topological polar surface area (TPSA) is 74.3 Å². The van der Waals surface area contributed by atoms with Gasteiger partial charge in [-0.1, -0.05) is 5.16 Å². The van der Waals surface area contributed by atoms with Crippen LogP contribution in [0.2, 0.25) is 0 Å². The third kappa shape index (κ3) is 3.13. The number of hydrogen-bond acceptors (Lipinski definition) is 5. The van der Waals surface area contributed by atoms with E-state index >= 15 is 0 Å². The summed E-state index contributed by atoms with van der Waals surface area (Å²) < 4.78 is 5.54. The molecule has 104 valence electrons.